The van der Waals surface area contributed by atoms with Crippen LogP contribution in [0.1, 0.15) is 28.8 Å². The first-order valence-electron chi connectivity index (χ1n) is 8.39. The van der Waals surface area contributed by atoms with Crippen molar-refractivity contribution in [1.82, 2.24) is 10.3 Å². The molecule has 2 aromatic heterocycles. The molecule has 2 N–H and O–H groups in total. The average molecular weight is 352 g/mol. The molecule has 26 heavy (non-hydrogen) atoms. The minimum Gasteiger partial charge on any atom is -0.508 e. The minimum atomic E-state index is -0.471. The van der Waals surface area contributed by atoms with Crippen LogP contribution in [0, 0.1) is 13.8 Å². The Balaban J connectivity index is 1.74. The number of hydrogen-bond acceptors (Lipinski definition) is 5. The van der Waals surface area contributed by atoms with E-state index in [0.717, 1.165) is 16.6 Å². The summed E-state index contributed by atoms with van der Waals surface area (Å²) in [6.07, 6.45) is 2.14. The number of rotatable bonds is 5. The summed E-state index contributed by atoms with van der Waals surface area (Å²) in [6.45, 7) is 3.88. The third-order valence-corrected chi connectivity index (χ3v) is 4.47. The number of carbonyl (C=O) groups excluding carboxylic acids is 1. The van der Waals surface area contributed by atoms with Crippen LogP contribution in [-0.4, -0.2) is 16.0 Å². The smallest absolute Gasteiger partial charge is 0.339 e. The largest absolute Gasteiger partial charge is 0.508 e. The Morgan fingerprint density at radius 1 is 1.19 bits per heavy atom. The van der Waals surface area contributed by atoms with Gasteiger partial charge in [0.25, 0.3) is 0 Å². The summed E-state index contributed by atoms with van der Waals surface area (Å²) in [4.78, 5) is 28.5. The highest BCUT2D eigenvalue weighted by Gasteiger charge is 2.15. The number of hydrogen-bond donors (Lipinski definition) is 2. The zero-order chi connectivity index (χ0) is 18.7. The van der Waals surface area contributed by atoms with E-state index in [4.69, 9.17) is 4.42 Å². The van der Waals surface area contributed by atoms with Gasteiger partial charge in [0.15, 0.2) is 0 Å². The van der Waals surface area contributed by atoms with Crippen LogP contribution < -0.4 is 10.9 Å². The van der Waals surface area contributed by atoms with Crippen LogP contribution in [0.4, 0.5) is 0 Å². The normalized spacial score (nSPS) is 10.8. The number of fused-ring (bicyclic) bond motifs is 1. The number of benzene rings is 1. The minimum absolute atomic E-state index is 0.0849. The highest BCUT2D eigenvalue weighted by atomic mass is 16.4. The molecule has 0 saturated heterocycles. The maximum atomic E-state index is 12.3. The predicted molar refractivity (Wildman–Crippen MR) is 98.0 cm³/mol. The topological polar surface area (TPSA) is 92.4 Å². The quantitative estimate of drug-likeness (QED) is 0.689. The predicted octanol–water partition coefficient (Wildman–Crippen LogP) is 2.76. The van der Waals surface area contributed by atoms with Crippen molar-refractivity contribution < 1.29 is 14.3 Å². The van der Waals surface area contributed by atoms with Gasteiger partial charge in [-0.25, -0.2) is 4.79 Å². The number of pyridine rings is 1. The van der Waals surface area contributed by atoms with Gasteiger partial charge in [0, 0.05) is 29.1 Å². The molecular formula is C20H20N2O4. The molecule has 3 rings (SSSR count). The van der Waals surface area contributed by atoms with Crippen molar-refractivity contribution in [2.24, 2.45) is 0 Å². The number of aryl methyl sites for hydroxylation is 2. The summed E-state index contributed by atoms with van der Waals surface area (Å²) in [5.41, 5.74) is 2.48. The standard InChI is InChI=1S/C20H20N2O4/c1-12-15-6-8-17(23)13(2)19(15)26-20(25)16(12)7-9-18(24)22-11-14-5-3-4-10-21-14/h3-6,8,10,23H,7,9,11H2,1-2H3,(H,22,24). The molecule has 3 aromatic rings. The van der Waals surface area contributed by atoms with E-state index in [1.165, 1.54) is 0 Å². The van der Waals surface area contributed by atoms with Gasteiger partial charge in [-0.05, 0) is 50.1 Å². The van der Waals surface area contributed by atoms with E-state index in [1.807, 2.05) is 25.1 Å². The molecule has 0 aliphatic rings. The lowest BCUT2D eigenvalue weighted by Gasteiger charge is -2.10. The van der Waals surface area contributed by atoms with Crippen molar-refractivity contribution in [2.45, 2.75) is 33.2 Å². The van der Waals surface area contributed by atoms with Crippen molar-refractivity contribution in [1.29, 1.82) is 0 Å². The second-order valence-corrected chi connectivity index (χ2v) is 6.18. The van der Waals surface area contributed by atoms with Gasteiger partial charge in [0.1, 0.15) is 11.3 Å². The monoisotopic (exact) mass is 352 g/mol. The molecule has 0 saturated carbocycles. The van der Waals surface area contributed by atoms with Crippen molar-refractivity contribution in [3.05, 3.63) is 69.3 Å². The Hall–Kier alpha value is -3.15. The molecule has 0 aliphatic carbocycles. The summed E-state index contributed by atoms with van der Waals surface area (Å²) >= 11 is 0. The molecule has 0 atom stereocenters. The van der Waals surface area contributed by atoms with Crippen LogP contribution in [-0.2, 0) is 17.8 Å². The molecule has 134 valence electrons. The van der Waals surface area contributed by atoms with Crippen LogP contribution in [0.5, 0.6) is 5.75 Å². The molecule has 0 spiro atoms. The Morgan fingerprint density at radius 2 is 2.00 bits per heavy atom. The SMILES string of the molecule is Cc1c(CCC(=O)NCc2ccccn2)c(=O)oc2c(C)c(O)ccc12. The number of nitrogens with one attached hydrogen (secondary N) is 1. The lowest BCUT2D eigenvalue weighted by molar-refractivity contribution is -0.121. The Labute approximate surface area is 150 Å². The Morgan fingerprint density at radius 3 is 2.73 bits per heavy atom. The molecule has 0 aliphatic heterocycles. The Bertz CT molecular complexity index is 1010. The van der Waals surface area contributed by atoms with Gasteiger partial charge >= 0.3 is 5.63 Å². The average Bonchev–Trinajstić information content (AvgIpc) is 2.64. The van der Waals surface area contributed by atoms with Crippen molar-refractivity contribution >= 4 is 16.9 Å². The van der Waals surface area contributed by atoms with Crippen molar-refractivity contribution in [3.8, 4) is 5.75 Å². The van der Waals surface area contributed by atoms with Crippen LogP contribution in [0.2, 0.25) is 0 Å². The molecule has 2 heterocycles. The lowest BCUT2D eigenvalue weighted by atomic mass is 10.0. The van der Waals surface area contributed by atoms with Gasteiger partial charge in [-0.1, -0.05) is 6.07 Å². The van der Waals surface area contributed by atoms with Gasteiger partial charge in [0.05, 0.1) is 12.2 Å². The highest BCUT2D eigenvalue weighted by molar-refractivity contribution is 5.85. The molecule has 0 fully saturated rings. The van der Waals surface area contributed by atoms with Gasteiger partial charge in [-0.3, -0.25) is 9.78 Å². The summed E-state index contributed by atoms with van der Waals surface area (Å²) in [5, 5.41) is 13.3. The van der Waals surface area contributed by atoms with Gasteiger partial charge < -0.3 is 14.8 Å². The van der Waals surface area contributed by atoms with Gasteiger partial charge in [0.2, 0.25) is 5.91 Å². The molecule has 1 amide bonds. The van der Waals surface area contributed by atoms with E-state index >= 15 is 0 Å². The maximum Gasteiger partial charge on any atom is 0.339 e. The van der Waals surface area contributed by atoms with E-state index in [2.05, 4.69) is 10.3 Å². The molecule has 0 radical (unpaired) electrons. The summed E-state index contributed by atoms with van der Waals surface area (Å²) in [5.74, 6) is -0.0712. The van der Waals surface area contributed by atoms with E-state index in [9.17, 15) is 14.7 Å². The van der Waals surface area contributed by atoms with E-state index in [0.29, 0.717) is 23.3 Å². The Kier molecular flexibility index (Phi) is 5.02. The molecule has 6 nitrogen and oxygen atoms in total. The first-order chi connectivity index (χ1) is 12.5. The van der Waals surface area contributed by atoms with Crippen molar-refractivity contribution in [2.75, 3.05) is 0 Å². The summed E-state index contributed by atoms with van der Waals surface area (Å²) in [7, 11) is 0. The summed E-state index contributed by atoms with van der Waals surface area (Å²) in [6, 6.07) is 8.81. The molecule has 6 heteroatoms. The van der Waals surface area contributed by atoms with Gasteiger partial charge in [-0.2, -0.15) is 0 Å². The van der Waals surface area contributed by atoms with Crippen LogP contribution in [0.3, 0.4) is 0 Å². The number of nitrogens with zero attached hydrogens (tertiary/aromatic N) is 1. The summed E-state index contributed by atoms with van der Waals surface area (Å²) < 4.78 is 5.39. The first-order valence-corrected chi connectivity index (χ1v) is 8.39. The number of aromatic hydroxyl groups is 1. The second kappa shape index (κ2) is 7.39. The number of aromatic nitrogens is 1. The first kappa shape index (κ1) is 17.7. The zero-order valence-corrected chi connectivity index (χ0v) is 14.7. The van der Waals surface area contributed by atoms with E-state index in [1.54, 1.807) is 25.3 Å². The fourth-order valence-electron chi connectivity index (χ4n) is 2.89. The third kappa shape index (κ3) is 3.59. The molecule has 0 bridgehead atoms. The second-order valence-electron chi connectivity index (χ2n) is 6.18. The lowest BCUT2D eigenvalue weighted by Crippen LogP contribution is -2.24. The number of phenolic OH excluding ortho intramolecular Hbond substituents is 1. The molecule has 0 unspecified atom stereocenters. The van der Waals surface area contributed by atoms with Crippen LogP contribution in [0.25, 0.3) is 11.0 Å². The number of amides is 1. The van der Waals surface area contributed by atoms with Crippen LogP contribution >= 0.6 is 0 Å². The third-order valence-electron chi connectivity index (χ3n) is 4.47. The molecular weight excluding hydrogens is 332 g/mol. The van der Waals surface area contributed by atoms with Crippen molar-refractivity contribution in [3.63, 3.8) is 0 Å². The zero-order valence-electron chi connectivity index (χ0n) is 14.7. The highest BCUT2D eigenvalue weighted by Crippen LogP contribution is 2.28. The maximum absolute atomic E-state index is 12.3. The fourth-order valence-corrected chi connectivity index (χ4v) is 2.89. The number of phenols is 1. The fraction of sp³-hybridized carbons (Fsp3) is 0.250. The number of carbonyl (C=O) groups is 1. The van der Waals surface area contributed by atoms with E-state index in [-0.39, 0.29) is 24.5 Å². The van der Waals surface area contributed by atoms with Crippen LogP contribution in [0.15, 0.2) is 45.7 Å². The van der Waals surface area contributed by atoms with E-state index < -0.39 is 5.63 Å². The molecule has 1 aromatic carbocycles. The van der Waals surface area contributed by atoms with Gasteiger partial charge in [-0.15, -0.1) is 0 Å².